The van der Waals surface area contributed by atoms with Crippen LogP contribution in [0.25, 0.3) is 0 Å². The van der Waals surface area contributed by atoms with Crippen LogP contribution < -0.4 is 15.4 Å². The fourth-order valence-corrected chi connectivity index (χ4v) is 2.56. The highest BCUT2D eigenvalue weighted by atomic mass is 16.5. The van der Waals surface area contributed by atoms with E-state index < -0.39 is 0 Å². The van der Waals surface area contributed by atoms with E-state index in [4.69, 9.17) is 14.2 Å². The van der Waals surface area contributed by atoms with Crippen LogP contribution in [-0.4, -0.2) is 51.5 Å². The molecule has 24 heavy (non-hydrogen) atoms. The summed E-state index contributed by atoms with van der Waals surface area (Å²) in [5, 5.41) is 6.45. The maximum absolute atomic E-state index is 11.4. The van der Waals surface area contributed by atoms with Gasteiger partial charge in [0.2, 0.25) is 0 Å². The second-order valence-electron chi connectivity index (χ2n) is 5.74. The molecule has 6 nitrogen and oxygen atoms in total. The summed E-state index contributed by atoms with van der Waals surface area (Å²) in [4.78, 5) is 11.4. The molecule has 0 radical (unpaired) electrons. The highest BCUT2D eigenvalue weighted by molar-refractivity contribution is 5.75. The number of benzene rings is 1. The molecule has 1 heterocycles. The maximum Gasteiger partial charge on any atom is 0.322 e. The van der Waals surface area contributed by atoms with E-state index in [1.807, 2.05) is 6.07 Å². The predicted octanol–water partition coefficient (Wildman–Crippen LogP) is 1.98. The molecule has 0 saturated heterocycles. The van der Waals surface area contributed by atoms with Gasteiger partial charge in [0.15, 0.2) is 0 Å². The van der Waals surface area contributed by atoms with Crippen LogP contribution in [0.2, 0.25) is 0 Å². The number of esters is 1. The van der Waals surface area contributed by atoms with Crippen molar-refractivity contribution in [2.24, 2.45) is 0 Å². The van der Waals surface area contributed by atoms with Crippen LogP contribution in [0.4, 0.5) is 5.69 Å². The van der Waals surface area contributed by atoms with Gasteiger partial charge < -0.3 is 24.8 Å². The van der Waals surface area contributed by atoms with Gasteiger partial charge in [-0.2, -0.15) is 0 Å². The Morgan fingerprint density at radius 2 is 2.21 bits per heavy atom. The molecule has 2 N–H and O–H groups in total. The number of hydrogen-bond acceptors (Lipinski definition) is 6. The largest absolute Gasteiger partial charge is 0.491 e. The number of hydrogen-bond donors (Lipinski definition) is 2. The van der Waals surface area contributed by atoms with Gasteiger partial charge in [0, 0.05) is 18.8 Å². The molecule has 0 fully saturated rings. The minimum Gasteiger partial charge on any atom is -0.491 e. The molecule has 6 heteroatoms. The number of ether oxygens (including phenoxy) is 3. The first-order chi connectivity index (χ1) is 11.7. The first-order valence-corrected chi connectivity index (χ1v) is 8.68. The van der Waals surface area contributed by atoms with Crippen molar-refractivity contribution in [3.8, 4) is 5.75 Å². The Morgan fingerprint density at radius 3 is 3.04 bits per heavy atom. The van der Waals surface area contributed by atoms with Gasteiger partial charge in [-0.1, -0.05) is 0 Å². The third-order valence-corrected chi connectivity index (χ3v) is 3.85. The van der Waals surface area contributed by atoms with Gasteiger partial charge in [-0.15, -0.1) is 0 Å². The van der Waals surface area contributed by atoms with Gasteiger partial charge in [0.25, 0.3) is 0 Å². The molecule has 134 valence electrons. The third-order valence-electron chi connectivity index (χ3n) is 3.85. The van der Waals surface area contributed by atoms with Crippen molar-refractivity contribution in [2.75, 3.05) is 44.8 Å². The van der Waals surface area contributed by atoms with E-state index in [1.54, 1.807) is 13.8 Å². The van der Waals surface area contributed by atoms with Crippen molar-refractivity contribution in [3.05, 3.63) is 23.8 Å². The zero-order chi connectivity index (χ0) is 17.2. The Balaban J connectivity index is 1.55. The van der Waals surface area contributed by atoms with Gasteiger partial charge in [0.1, 0.15) is 18.4 Å². The summed E-state index contributed by atoms with van der Waals surface area (Å²) < 4.78 is 16.1. The molecule has 0 bridgehead atoms. The minimum atomic E-state index is -0.311. The summed E-state index contributed by atoms with van der Waals surface area (Å²) in [6, 6.07) is 5.85. The molecule has 1 atom stereocenters. The van der Waals surface area contributed by atoms with Gasteiger partial charge >= 0.3 is 5.97 Å². The minimum absolute atomic E-state index is 0.234. The van der Waals surface area contributed by atoms with Crippen LogP contribution in [-0.2, 0) is 20.7 Å². The first kappa shape index (κ1) is 18.5. The Labute approximate surface area is 143 Å². The van der Waals surface area contributed by atoms with Crippen LogP contribution in [0.1, 0.15) is 25.8 Å². The summed E-state index contributed by atoms with van der Waals surface area (Å²) in [5.41, 5.74) is 2.53. The monoisotopic (exact) mass is 336 g/mol. The summed E-state index contributed by atoms with van der Waals surface area (Å²) in [7, 11) is 0. The van der Waals surface area contributed by atoms with Crippen LogP contribution in [0.15, 0.2) is 18.2 Å². The number of rotatable bonds is 10. The molecular formula is C18H28N2O4. The molecular weight excluding hydrogens is 308 g/mol. The van der Waals surface area contributed by atoms with E-state index in [0.717, 1.165) is 25.1 Å². The molecule has 0 saturated carbocycles. The van der Waals surface area contributed by atoms with Crippen molar-refractivity contribution in [1.82, 2.24) is 5.32 Å². The standard InChI is InChI=1S/C18H28N2O4/c1-3-23-18(21)14(2)19-9-10-22-11-12-24-16-6-7-17-15(13-16)5-4-8-20-17/h6-7,13-14,19-20H,3-5,8-12H2,1-2H3. The Bertz CT molecular complexity index is 522. The lowest BCUT2D eigenvalue weighted by atomic mass is 10.0. The average Bonchev–Trinajstić information content (AvgIpc) is 2.60. The summed E-state index contributed by atoms with van der Waals surface area (Å²) in [5.74, 6) is 0.651. The molecule has 1 aromatic rings. The van der Waals surface area contributed by atoms with E-state index >= 15 is 0 Å². The van der Waals surface area contributed by atoms with Gasteiger partial charge in [0.05, 0.1) is 19.8 Å². The van der Waals surface area contributed by atoms with E-state index in [-0.39, 0.29) is 12.0 Å². The summed E-state index contributed by atoms with van der Waals surface area (Å²) >= 11 is 0. The average molecular weight is 336 g/mol. The SMILES string of the molecule is CCOC(=O)C(C)NCCOCCOc1ccc2c(c1)CCCN2. The van der Waals surface area contributed by atoms with Crippen molar-refractivity contribution < 1.29 is 19.0 Å². The zero-order valence-electron chi connectivity index (χ0n) is 14.6. The number of nitrogens with one attached hydrogen (secondary N) is 2. The lowest BCUT2D eigenvalue weighted by Gasteiger charge is -2.18. The first-order valence-electron chi connectivity index (χ1n) is 8.68. The normalized spacial score (nSPS) is 14.4. The number of carbonyl (C=O) groups excluding carboxylic acids is 1. The lowest BCUT2D eigenvalue weighted by Crippen LogP contribution is -2.37. The highest BCUT2D eigenvalue weighted by Crippen LogP contribution is 2.26. The fourth-order valence-electron chi connectivity index (χ4n) is 2.56. The van der Waals surface area contributed by atoms with Crippen LogP contribution in [0, 0.1) is 0 Å². The van der Waals surface area contributed by atoms with E-state index in [2.05, 4.69) is 22.8 Å². The lowest BCUT2D eigenvalue weighted by molar-refractivity contribution is -0.145. The fraction of sp³-hybridized carbons (Fsp3) is 0.611. The summed E-state index contributed by atoms with van der Waals surface area (Å²) in [6.07, 6.45) is 2.26. The second kappa shape index (κ2) is 10.2. The molecule has 2 rings (SSSR count). The highest BCUT2D eigenvalue weighted by Gasteiger charge is 2.12. The smallest absolute Gasteiger partial charge is 0.322 e. The van der Waals surface area contributed by atoms with Crippen LogP contribution >= 0.6 is 0 Å². The summed E-state index contributed by atoms with van der Waals surface area (Å²) in [6.45, 7) is 7.19. The van der Waals surface area contributed by atoms with E-state index in [1.165, 1.54) is 11.3 Å². The number of fused-ring (bicyclic) bond motifs is 1. The molecule has 1 aliphatic heterocycles. The Morgan fingerprint density at radius 1 is 1.33 bits per heavy atom. The van der Waals surface area contributed by atoms with Crippen molar-refractivity contribution in [1.29, 1.82) is 0 Å². The third kappa shape index (κ3) is 6.02. The molecule has 0 amide bonds. The number of carbonyl (C=O) groups is 1. The molecule has 1 aromatic carbocycles. The van der Waals surface area contributed by atoms with Crippen molar-refractivity contribution in [2.45, 2.75) is 32.7 Å². The second-order valence-corrected chi connectivity index (χ2v) is 5.74. The van der Waals surface area contributed by atoms with E-state index in [0.29, 0.717) is 33.0 Å². The quantitative estimate of drug-likeness (QED) is 0.503. The van der Waals surface area contributed by atoms with Crippen molar-refractivity contribution in [3.63, 3.8) is 0 Å². The van der Waals surface area contributed by atoms with Gasteiger partial charge in [-0.25, -0.2) is 0 Å². The topological polar surface area (TPSA) is 68.8 Å². The molecule has 0 aliphatic carbocycles. The molecule has 0 spiro atoms. The zero-order valence-corrected chi connectivity index (χ0v) is 14.6. The van der Waals surface area contributed by atoms with Gasteiger partial charge in [-0.05, 0) is 50.5 Å². The number of aryl methyl sites for hydroxylation is 1. The van der Waals surface area contributed by atoms with Crippen LogP contribution in [0.3, 0.4) is 0 Å². The van der Waals surface area contributed by atoms with Crippen molar-refractivity contribution >= 4 is 11.7 Å². The maximum atomic E-state index is 11.4. The Kier molecular flexibility index (Phi) is 7.85. The predicted molar refractivity (Wildman–Crippen MR) is 93.7 cm³/mol. The van der Waals surface area contributed by atoms with E-state index in [9.17, 15) is 4.79 Å². The molecule has 1 aliphatic rings. The van der Waals surface area contributed by atoms with Gasteiger partial charge in [-0.3, -0.25) is 4.79 Å². The number of anilines is 1. The van der Waals surface area contributed by atoms with Crippen LogP contribution in [0.5, 0.6) is 5.75 Å². The molecule has 0 aromatic heterocycles. The Hall–Kier alpha value is -1.79. The molecule has 1 unspecified atom stereocenters.